The standard InChI is InChI=1S/C26H25ClF3N5O4/c27-20-10-21-24(33-23(20)15-3-1-4-16(9-15)26(28,29)30)35(18-5-2-8-34(21)12-18)25(38)32-17-6-7-22(31-11-17)39-14-19(37)13-36/h1,3-4,6-7,9-11,18-19,36-37H,2,5,8,12-14H2,(H,32,38)/t18-,19+/m0/s1. The largest absolute Gasteiger partial charge is 0.475 e. The number of hydrogen-bond donors (Lipinski definition) is 3. The van der Waals surface area contributed by atoms with Gasteiger partial charge in [-0.25, -0.2) is 14.8 Å². The average Bonchev–Trinajstić information content (AvgIpc) is 2.92. The van der Waals surface area contributed by atoms with Crippen LogP contribution in [0.2, 0.25) is 5.02 Å². The number of urea groups is 1. The number of fused-ring (bicyclic) bond motifs is 4. The molecule has 0 spiro atoms. The Balaban J connectivity index is 1.45. The predicted molar refractivity (Wildman–Crippen MR) is 139 cm³/mol. The van der Waals surface area contributed by atoms with E-state index in [9.17, 15) is 23.1 Å². The molecule has 206 valence electrons. The fraction of sp³-hybridized carbons (Fsp3) is 0.346. The molecule has 1 aromatic carbocycles. The van der Waals surface area contributed by atoms with Crippen molar-refractivity contribution < 1.29 is 32.9 Å². The average molecular weight is 564 g/mol. The summed E-state index contributed by atoms with van der Waals surface area (Å²) in [6.45, 7) is 0.731. The molecular weight excluding hydrogens is 539 g/mol. The van der Waals surface area contributed by atoms with Gasteiger partial charge < -0.3 is 25.2 Å². The highest BCUT2D eigenvalue weighted by atomic mass is 35.5. The second-order valence-electron chi connectivity index (χ2n) is 9.31. The molecule has 3 aromatic rings. The third-order valence-corrected chi connectivity index (χ3v) is 6.86. The maximum absolute atomic E-state index is 13.5. The summed E-state index contributed by atoms with van der Waals surface area (Å²) in [5, 5.41) is 21.3. The molecule has 2 bridgehead atoms. The van der Waals surface area contributed by atoms with Crippen molar-refractivity contribution >= 4 is 34.8 Å². The van der Waals surface area contributed by atoms with Gasteiger partial charge >= 0.3 is 12.2 Å². The van der Waals surface area contributed by atoms with E-state index in [1.807, 2.05) is 0 Å². The highest BCUT2D eigenvalue weighted by molar-refractivity contribution is 6.33. The van der Waals surface area contributed by atoms with Crippen LogP contribution in [-0.4, -0.2) is 64.7 Å². The number of piperidine rings is 1. The number of pyridine rings is 2. The Kier molecular flexibility index (Phi) is 7.52. The number of hydrogen-bond acceptors (Lipinski definition) is 7. The molecule has 2 aliphatic rings. The van der Waals surface area contributed by atoms with Crippen molar-refractivity contribution in [1.82, 2.24) is 9.97 Å². The van der Waals surface area contributed by atoms with Crippen LogP contribution < -0.4 is 19.9 Å². The molecule has 1 fully saturated rings. The molecule has 2 aliphatic heterocycles. The predicted octanol–water partition coefficient (Wildman–Crippen LogP) is 4.57. The minimum atomic E-state index is -4.53. The van der Waals surface area contributed by atoms with Gasteiger partial charge in [0, 0.05) is 24.7 Å². The van der Waals surface area contributed by atoms with E-state index in [1.54, 1.807) is 12.1 Å². The number of aromatic nitrogens is 2. The number of aliphatic hydroxyl groups is 2. The Labute approximate surface area is 226 Å². The molecule has 13 heteroatoms. The minimum Gasteiger partial charge on any atom is -0.475 e. The normalized spacial score (nSPS) is 17.4. The van der Waals surface area contributed by atoms with Gasteiger partial charge in [-0.3, -0.25) is 4.90 Å². The first-order chi connectivity index (χ1) is 18.6. The molecular formula is C26H25ClF3N5O4. The lowest BCUT2D eigenvalue weighted by Gasteiger charge is -2.46. The summed E-state index contributed by atoms with van der Waals surface area (Å²) >= 11 is 6.53. The van der Waals surface area contributed by atoms with Crippen LogP contribution in [0.15, 0.2) is 48.7 Å². The van der Waals surface area contributed by atoms with E-state index < -0.39 is 30.5 Å². The first-order valence-electron chi connectivity index (χ1n) is 12.2. The van der Waals surface area contributed by atoms with E-state index in [0.29, 0.717) is 23.7 Å². The minimum absolute atomic E-state index is 0.139. The number of halogens is 4. The smallest absolute Gasteiger partial charge is 0.416 e. The highest BCUT2D eigenvalue weighted by Crippen LogP contribution is 2.43. The van der Waals surface area contributed by atoms with E-state index in [1.165, 1.54) is 29.3 Å². The number of rotatable bonds is 6. The monoisotopic (exact) mass is 563 g/mol. The van der Waals surface area contributed by atoms with Crippen molar-refractivity contribution in [3.63, 3.8) is 0 Å². The molecule has 0 radical (unpaired) electrons. The van der Waals surface area contributed by atoms with Gasteiger partial charge in [0.15, 0.2) is 5.82 Å². The molecule has 5 rings (SSSR count). The van der Waals surface area contributed by atoms with Crippen LogP contribution in [0.25, 0.3) is 11.3 Å². The Hall–Kier alpha value is -3.61. The van der Waals surface area contributed by atoms with Crippen LogP contribution in [0.1, 0.15) is 18.4 Å². The van der Waals surface area contributed by atoms with Gasteiger partial charge in [-0.1, -0.05) is 23.7 Å². The zero-order valence-corrected chi connectivity index (χ0v) is 21.3. The number of amides is 2. The van der Waals surface area contributed by atoms with Crippen LogP contribution in [0.4, 0.5) is 35.2 Å². The van der Waals surface area contributed by atoms with Crippen LogP contribution in [-0.2, 0) is 6.18 Å². The van der Waals surface area contributed by atoms with Crippen molar-refractivity contribution in [2.45, 2.75) is 31.2 Å². The number of nitrogens with one attached hydrogen (secondary N) is 1. The second-order valence-corrected chi connectivity index (χ2v) is 9.72. The number of carbonyl (C=O) groups is 1. The number of ether oxygens (including phenoxy) is 1. The number of nitrogens with zero attached hydrogens (tertiary/aromatic N) is 4. The third kappa shape index (κ3) is 5.72. The van der Waals surface area contributed by atoms with Crippen LogP contribution in [0, 0.1) is 0 Å². The fourth-order valence-electron chi connectivity index (χ4n) is 4.70. The van der Waals surface area contributed by atoms with Crippen LogP contribution in [0.3, 0.4) is 0 Å². The number of benzene rings is 1. The maximum atomic E-state index is 13.5. The number of carbonyl (C=O) groups excluding carboxylic acids is 1. The summed E-state index contributed by atoms with van der Waals surface area (Å²) in [6, 6.07) is 8.82. The SMILES string of the molecule is O=C(Nc1ccc(OC[C@H](O)CO)nc1)N1c2nc(-c3cccc(C(F)(F)F)c3)c(Cl)cc2N2CCC[C@H]1C2. The first kappa shape index (κ1) is 27.0. The summed E-state index contributed by atoms with van der Waals surface area (Å²) in [4.78, 5) is 25.9. The molecule has 0 saturated carbocycles. The van der Waals surface area contributed by atoms with Gasteiger partial charge in [0.1, 0.15) is 12.7 Å². The third-order valence-electron chi connectivity index (χ3n) is 6.57. The van der Waals surface area contributed by atoms with Gasteiger partial charge in [0.25, 0.3) is 0 Å². The van der Waals surface area contributed by atoms with Crippen LogP contribution >= 0.6 is 11.6 Å². The van der Waals surface area contributed by atoms with Crippen molar-refractivity contribution in [1.29, 1.82) is 0 Å². The van der Waals surface area contributed by atoms with Crippen LogP contribution in [0.5, 0.6) is 5.88 Å². The summed E-state index contributed by atoms with van der Waals surface area (Å²) in [7, 11) is 0. The first-order valence-corrected chi connectivity index (χ1v) is 12.6. The second kappa shape index (κ2) is 10.9. The van der Waals surface area contributed by atoms with E-state index in [-0.39, 0.29) is 34.8 Å². The molecule has 9 nitrogen and oxygen atoms in total. The fourth-order valence-corrected chi connectivity index (χ4v) is 4.96. The zero-order valence-electron chi connectivity index (χ0n) is 20.5. The van der Waals surface area contributed by atoms with Gasteiger partial charge in [-0.2, -0.15) is 13.2 Å². The number of alkyl halides is 3. The van der Waals surface area contributed by atoms with Gasteiger partial charge in [-0.05, 0) is 37.1 Å². The molecule has 0 aliphatic carbocycles. The lowest BCUT2D eigenvalue weighted by Crippen LogP contribution is -2.56. The summed E-state index contributed by atoms with van der Waals surface area (Å²) in [5.41, 5.74) is 0.521. The van der Waals surface area contributed by atoms with Crippen molar-refractivity contribution in [3.8, 4) is 17.1 Å². The van der Waals surface area contributed by atoms with E-state index in [0.717, 1.165) is 31.5 Å². The van der Waals surface area contributed by atoms with Gasteiger partial charge in [0.05, 0.1) is 46.5 Å². The number of aliphatic hydroxyl groups excluding tert-OH is 2. The molecule has 2 amide bonds. The molecule has 2 atom stereocenters. The van der Waals surface area contributed by atoms with Crippen molar-refractivity contribution in [3.05, 3.63) is 59.2 Å². The lowest BCUT2D eigenvalue weighted by atomic mass is 9.99. The van der Waals surface area contributed by atoms with Crippen molar-refractivity contribution in [2.24, 2.45) is 0 Å². The topological polar surface area (TPSA) is 111 Å². The number of anilines is 3. The molecule has 4 heterocycles. The Morgan fingerprint density at radius 1 is 1.26 bits per heavy atom. The maximum Gasteiger partial charge on any atom is 0.416 e. The Bertz CT molecular complexity index is 1360. The molecule has 2 aromatic heterocycles. The van der Waals surface area contributed by atoms with Gasteiger partial charge in [-0.15, -0.1) is 0 Å². The molecule has 1 saturated heterocycles. The highest BCUT2D eigenvalue weighted by Gasteiger charge is 2.39. The Morgan fingerprint density at radius 3 is 2.79 bits per heavy atom. The van der Waals surface area contributed by atoms with E-state index in [2.05, 4.69) is 20.2 Å². The quantitative estimate of drug-likeness (QED) is 0.403. The van der Waals surface area contributed by atoms with Gasteiger partial charge in [0.2, 0.25) is 5.88 Å². The molecule has 39 heavy (non-hydrogen) atoms. The zero-order chi connectivity index (χ0) is 27.7. The van der Waals surface area contributed by atoms with E-state index in [4.69, 9.17) is 21.4 Å². The lowest BCUT2D eigenvalue weighted by molar-refractivity contribution is -0.137. The summed E-state index contributed by atoms with van der Waals surface area (Å²) in [6.07, 6.45) is -2.61. The summed E-state index contributed by atoms with van der Waals surface area (Å²) < 4.78 is 45.3. The molecule has 0 unspecified atom stereocenters. The molecule has 3 N–H and O–H groups in total. The van der Waals surface area contributed by atoms with E-state index >= 15 is 0 Å². The Morgan fingerprint density at radius 2 is 2.08 bits per heavy atom. The van der Waals surface area contributed by atoms with Crippen molar-refractivity contribution in [2.75, 3.05) is 41.4 Å². The summed E-state index contributed by atoms with van der Waals surface area (Å²) in [5.74, 6) is 0.514.